The summed E-state index contributed by atoms with van der Waals surface area (Å²) in [5, 5.41) is 3.14. The molecule has 1 amide bonds. The zero-order valence-corrected chi connectivity index (χ0v) is 14.9. The van der Waals surface area contributed by atoms with Crippen molar-refractivity contribution in [2.45, 2.75) is 37.9 Å². The Balaban J connectivity index is 1.46. The maximum Gasteiger partial charge on any atom is 0.234 e. The summed E-state index contributed by atoms with van der Waals surface area (Å²) < 4.78 is 18.6. The van der Waals surface area contributed by atoms with Crippen molar-refractivity contribution in [3.8, 4) is 0 Å². The smallest absolute Gasteiger partial charge is 0.234 e. The van der Waals surface area contributed by atoms with Gasteiger partial charge in [0.05, 0.1) is 31.8 Å². The summed E-state index contributed by atoms with van der Waals surface area (Å²) in [6.45, 7) is 4.44. The average Bonchev–Trinajstić information content (AvgIpc) is 3.05. The van der Waals surface area contributed by atoms with Crippen LogP contribution >= 0.6 is 0 Å². The SMILES string of the molecule is CN(CC(=O)N[C@H]1COC[C@@H]1N1CCCCC1)Cc1ccc(F)cc1. The number of nitrogens with zero attached hydrogens (tertiary/aromatic N) is 2. The molecule has 0 unspecified atom stereocenters. The van der Waals surface area contributed by atoms with Crippen molar-refractivity contribution in [1.29, 1.82) is 0 Å². The number of likely N-dealkylation sites (N-methyl/N-ethyl adjacent to an activating group) is 1. The molecule has 1 N–H and O–H groups in total. The molecule has 5 nitrogen and oxygen atoms in total. The molecule has 0 aliphatic carbocycles. The summed E-state index contributed by atoms with van der Waals surface area (Å²) in [5.41, 5.74) is 0.993. The first-order valence-corrected chi connectivity index (χ1v) is 9.16. The minimum atomic E-state index is -0.242. The normalized spacial score (nSPS) is 24.6. The first-order chi connectivity index (χ1) is 12.1. The molecule has 2 saturated heterocycles. The number of ether oxygens (including phenoxy) is 1. The lowest BCUT2D eigenvalue weighted by Crippen LogP contribution is -2.53. The molecule has 0 radical (unpaired) electrons. The minimum absolute atomic E-state index is 0.0159. The Bertz CT molecular complexity index is 560. The van der Waals surface area contributed by atoms with Gasteiger partial charge >= 0.3 is 0 Å². The Morgan fingerprint density at radius 2 is 1.96 bits per heavy atom. The maximum absolute atomic E-state index is 13.0. The number of rotatable bonds is 6. The minimum Gasteiger partial charge on any atom is -0.378 e. The summed E-state index contributed by atoms with van der Waals surface area (Å²) in [4.78, 5) is 16.8. The highest BCUT2D eigenvalue weighted by molar-refractivity contribution is 5.78. The fraction of sp³-hybridized carbons (Fsp3) is 0.632. The Morgan fingerprint density at radius 3 is 2.68 bits per heavy atom. The molecule has 3 rings (SSSR count). The van der Waals surface area contributed by atoms with Crippen LogP contribution in [0.25, 0.3) is 0 Å². The van der Waals surface area contributed by atoms with Crippen molar-refractivity contribution in [2.75, 3.05) is 39.9 Å². The van der Waals surface area contributed by atoms with Gasteiger partial charge in [-0.15, -0.1) is 0 Å². The number of carbonyl (C=O) groups excluding carboxylic acids is 1. The molecule has 25 heavy (non-hydrogen) atoms. The van der Waals surface area contributed by atoms with Crippen LogP contribution in [0.5, 0.6) is 0 Å². The van der Waals surface area contributed by atoms with Gasteiger partial charge in [0, 0.05) is 6.54 Å². The van der Waals surface area contributed by atoms with E-state index in [-0.39, 0.29) is 17.8 Å². The molecule has 1 aromatic rings. The van der Waals surface area contributed by atoms with Crippen LogP contribution in [0.3, 0.4) is 0 Å². The highest BCUT2D eigenvalue weighted by atomic mass is 19.1. The van der Waals surface area contributed by atoms with E-state index in [2.05, 4.69) is 10.2 Å². The molecule has 0 saturated carbocycles. The van der Waals surface area contributed by atoms with E-state index in [9.17, 15) is 9.18 Å². The van der Waals surface area contributed by atoms with Gasteiger partial charge in [0.25, 0.3) is 0 Å². The zero-order valence-electron chi connectivity index (χ0n) is 14.9. The van der Waals surface area contributed by atoms with Crippen LogP contribution in [-0.2, 0) is 16.1 Å². The predicted octanol–water partition coefficient (Wildman–Crippen LogP) is 1.63. The van der Waals surface area contributed by atoms with E-state index >= 15 is 0 Å². The zero-order chi connectivity index (χ0) is 17.6. The van der Waals surface area contributed by atoms with Crippen molar-refractivity contribution in [3.63, 3.8) is 0 Å². The second-order valence-electron chi connectivity index (χ2n) is 7.17. The van der Waals surface area contributed by atoms with E-state index in [1.54, 1.807) is 12.1 Å². The van der Waals surface area contributed by atoms with Crippen molar-refractivity contribution >= 4 is 5.91 Å². The van der Waals surface area contributed by atoms with Gasteiger partial charge in [-0.3, -0.25) is 14.6 Å². The van der Waals surface area contributed by atoms with Crippen molar-refractivity contribution in [1.82, 2.24) is 15.1 Å². The van der Waals surface area contributed by atoms with E-state index in [4.69, 9.17) is 4.74 Å². The van der Waals surface area contributed by atoms with Crippen LogP contribution in [0.15, 0.2) is 24.3 Å². The molecule has 1 aromatic carbocycles. The van der Waals surface area contributed by atoms with Crippen LogP contribution in [-0.4, -0.2) is 67.7 Å². The van der Waals surface area contributed by atoms with E-state index in [1.807, 2.05) is 11.9 Å². The van der Waals surface area contributed by atoms with Crippen LogP contribution in [0.4, 0.5) is 4.39 Å². The average molecular weight is 349 g/mol. The summed E-state index contributed by atoms with van der Waals surface area (Å²) in [7, 11) is 1.90. The van der Waals surface area contributed by atoms with Gasteiger partial charge < -0.3 is 10.1 Å². The second-order valence-corrected chi connectivity index (χ2v) is 7.17. The lowest BCUT2D eigenvalue weighted by atomic mass is 10.0. The molecule has 0 aromatic heterocycles. The van der Waals surface area contributed by atoms with Gasteiger partial charge in [0.1, 0.15) is 5.82 Å². The molecule has 138 valence electrons. The van der Waals surface area contributed by atoms with E-state index < -0.39 is 0 Å². The number of benzene rings is 1. The largest absolute Gasteiger partial charge is 0.378 e. The number of likely N-dealkylation sites (tertiary alicyclic amines) is 1. The van der Waals surface area contributed by atoms with Crippen LogP contribution < -0.4 is 5.32 Å². The molecule has 2 fully saturated rings. The fourth-order valence-electron chi connectivity index (χ4n) is 3.75. The second kappa shape index (κ2) is 8.74. The Labute approximate surface area is 149 Å². The molecular weight excluding hydrogens is 321 g/mol. The van der Waals surface area contributed by atoms with Crippen molar-refractivity contribution < 1.29 is 13.9 Å². The first-order valence-electron chi connectivity index (χ1n) is 9.16. The number of halogens is 1. The molecule has 6 heteroatoms. The molecule has 0 spiro atoms. The van der Waals surface area contributed by atoms with Crippen molar-refractivity contribution in [3.05, 3.63) is 35.6 Å². The highest BCUT2D eigenvalue weighted by Crippen LogP contribution is 2.19. The van der Waals surface area contributed by atoms with E-state index in [1.165, 1.54) is 31.4 Å². The lowest BCUT2D eigenvalue weighted by molar-refractivity contribution is -0.123. The lowest BCUT2D eigenvalue weighted by Gasteiger charge is -2.34. The molecule has 2 aliphatic heterocycles. The van der Waals surface area contributed by atoms with Crippen LogP contribution in [0, 0.1) is 5.82 Å². The van der Waals surface area contributed by atoms with Gasteiger partial charge in [-0.05, 0) is 50.7 Å². The fourth-order valence-corrected chi connectivity index (χ4v) is 3.75. The predicted molar refractivity (Wildman–Crippen MR) is 94.7 cm³/mol. The van der Waals surface area contributed by atoms with Gasteiger partial charge in [-0.25, -0.2) is 4.39 Å². The highest BCUT2D eigenvalue weighted by Gasteiger charge is 2.34. The number of piperidine rings is 1. The number of nitrogens with one attached hydrogen (secondary N) is 1. The third-order valence-electron chi connectivity index (χ3n) is 5.04. The van der Waals surface area contributed by atoms with Crippen molar-refractivity contribution in [2.24, 2.45) is 0 Å². The third kappa shape index (κ3) is 5.23. The van der Waals surface area contributed by atoms with Gasteiger partial charge in [-0.1, -0.05) is 18.6 Å². The van der Waals surface area contributed by atoms with E-state index in [0.717, 1.165) is 18.7 Å². The van der Waals surface area contributed by atoms with Gasteiger partial charge in [-0.2, -0.15) is 0 Å². The number of hydrogen-bond donors (Lipinski definition) is 1. The molecule has 2 atom stereocenters. The topological polar surface area (TPSA) is 44.8 Å². The number of amides is 1. The number of carbonyl (C=O) groups is 1. The molecular formula is C19H28FN3O2. The Hall–Kier alpha value is -1.50. The van der Waals surface area contributed by atoms with Gasteiger partial charge in [0.2, 0.25) is 5.91 Å². The maximum atomic E-state index is 13.0. The first kappa shape index (κ1) is 18.3. The van der Waals surface area contributed by atoms with Crippen LogP contribution in [0.2, 0.25) is 0 Å². The standard InChI is InChI=1S/C19H28FN3O2/c1-22(11-15-5-7-16(20)8-6-15)12-19(24)21-17-13-25-14-18(17)23-9-3-2-4-10-23/h5-8,17-18H,2-4,9-14H2,1H3,(H,21,24)/t17-,18-/m0/s1. The number of hydrogen-bond acceptors (Lipinski definition) is 4. The van der Waals surface area contributed by atoms with E-state index in [0.29, 0.717) is 32.3 Å². The summed E-state index contributed by atoms with van der Waals surface area (Å²) >= 11 is 0. The Kier molecular flexibility index (Phi) is 6.39. The summed E-state index contributed by atoms with van der Waals surface area (Å²) in [6, 6.07) is 6.77. The quantitative estimate of drug-likeness (QED) is 0.848. The molecule has 0 bridgehead atoms. The third-order valence-corrected chi connectivity index (χ3v) is 5.04. The van der Waals surface area contributed by atoms with Crippen LogP contribution in [0.1, 0.15) is 24.8 Å². The van der Waals surface area contributed by atoms with Gasteiger partial charge in [0.15, 0.2) is 0 Å². The molecule has 2 heterocycles. The summed E-state index contributed by atoms with van der Waals surface area (Å²) in [6.07, 6.45) is 3.77. The summed E-state index contributed by atoms with van der Waals surface area (Å²) in [5.74, 6) is -0.226. The Morgan fingerprint density at radius 1 is 1.24 bits per heavy atom. The monoisotopic (exact) mass is 349 g/mol. The molecule has 2 aliphatic rings.